The molecule has 0 amide bonds. The molecule has 0 saturated carbocycles. The van der Waals surface area contributed by atoms with E-state index in [2.05, 4.69) is 15.9 Å². The van der Waals surface area contributed by atoms with Crippen LogP contribution >= 0.6 is 27.5 Å². The number of hydrogen-bond acceptors (Lipinski definition) is 1. The monoisotopic (exact) mass is 264 g/mol. The van der Waals surface area contributed by atoms with E-state index in [9.17, 15) is 9.18 Å². The van der Waals surface area contributed by atoms with E-state index >= 15 is 0 Å². The molecule has 0 atom stereocenters. The summed E-state index contributed by atoms with van der Waals surface area (Å²) in [5, 5.41) is 0. The SMILES string of the molecule is Cc1c(F)cc(Br)cc1C(=O)CCl. The normalized spacial score (nSPS) is 10.2. The second kappa shape index (κ2) is 4.20. The highest BCUT2D eigenvalue weighted by Crippen LogP contribution is 2.20. The molecule has 0 aliphatic heterocycles. The number of Topliss-reactive ketones (excluding diaryl/α,β-unsaturated/α-hetero) is 1. The molecule has 0 aromatic heterocycles. The Morgan fingerprint density at radius 3 is 2.77 bits per heavy atom. The molecular formula is C9H7BrClFO. The second-order valence-corrected chi connectivity index (χ2v) is 3.80. The minimum Gasteiger partial charge on any atom is -0.293 e. The zero-order valence-corrected chi connectivity index (χ0v) is 9.25. The van der Waals surface area contributed by atoms with E-state index in [1.165, 1.54) is 6.07 Å². The van der Waals surface area contributed by atoms with Gasteiger partial charge in [-0.1, -0.05) is 15.9 Å². The zero-order valence-electron chi connectivity index (χ0n) is 6.90. The van der Waals surface area contributed by atoms with Gasteiger partial charge in [-0.25, -0.2) is 4.39 Å². The number of carbonyl (C=O) groups excluding carboxylic acids is 1. The van der Waals surface area contributed by atoms with Crippen LogP contribution in [-0.2, 0) is 0 Å². The maximum Gasteiger partial charge on any atom is 0.177 e. The lowest BCUT2D eigenvalue weighted by Gasteiger charge is -2.04. The lowest BCUT2D eigenvalue weighted by Crippen LogP contribution is -2.04. The van der Waals surface area contributed by atoms with Gasteiger partial charge in [0.15, 0.2) is 5.78 Å². The Kier molecular flexibility index (Phi) is 3.45. The Balaban J connectivity index is 3.28. The molecule has 0 radical (unpaired) electrons. The average molecular weight is 266 g/mol. The van der Waals surface area contributed by atoms with Crippen LogP contribution in [0.15, 0.2) is 16.6 Å². The van der Waals surface area contributed by atoms with Crippen LogP contribution in [0, 0.1) is 12.7 Å². The van der Waals surface area contributed by atoms with Crippen LogP contribution in [0.5, 0.6) is 0 Å². The maximum atomic E-state index is 13.1. The van der Waals surface area contributed by atoms with E-state index in [0.29, 0.717) is 15.6 Å². The van der Waals surface area contributed by atoms with Crippen LogP contribution in [-0.4, -0.2) is 11.7 Å². The summed E-state index contributed by atoms with van der Waals surface area (Å²) in [6.07, 6.45) is 0. The van der Waals surface area contributed by atoms with Crippen molar-refractivity contribution in [1.29, 1.82) is 0 Å². The van der Waals surface area contributed by atoms with E-state index < -0.39 is 5.82 Å². The summed E-state index contributed by atoms with van der Waals surface area (Å²) >= 11 is 8.49. The van der Waals surface area contributed by atoms with E-state index in [1.807, 2.05) is 0 Å². The van der Waals surface area contributed by atoms with Gasteiger partial charge in [0.1, 0.15) is 5.82 Å². The lowest BCUT2D eigenvalue weighted by molar-refractivity contribution is 0.102. The molecule has 0 fully saturated rings. The fourth-order valence-electron chi connectivity index (χ4n) is 1.01. The second-order valence-electron chi connectivity index (χ2n) is 2.62. The van der Waals surface area contributed by atoms with Crippen molar-refractivity contribution < 1.29 is 9.18 Å². The van der Waals surface area contributed by atoms with Crippen molar-refractivity contribution in [1.82, 2.24) is 0 Å². The third-order valence-corrected chi connectivity index (χ3v) is 2.43. The molecule has 0 heterocycles. The predicted octanol–water partition coefficient (Wildman–Crippen LogP) is 3.32. The zero-order chi connectivity index (χ0) is 10.0. The standard InChI is InChI=1S/C9H7BrClFO/c1-5-7(9(13)4-11)2-6(10)3-8(5)12/h2-3H,4H2,1H3. The Morgan fingerprint density at radius 1 is 1.62 bits per heavy atom. The van der Waals surface area contributed by atoms with Gasteiger partial charge in [-0.2, -0.15) is 0 Å². The molecule has 1 aromatic rings. The smallest absolute Gasteiger partial charge is 0.177 e. The van der Waals surface area contributed by atoms with Crippen molar-refractivity contribution in [3.8, 4) is 0 Å². The summed E-state index contributed by atoms with van der Waals surface area (Å²) in [7, 11) is 0. The maximum absolute atomic E-state index is 13.1. The van der Waals surface area contributed by atoms with E-state index in [1.54, 1.807) is 13.0 Å². The van der Waals surface area contributed by atoms with Gasteiger partial charge in [0.05, 0.1) is 5.88 Å². The number of halogens is 3. The molecule has 0 N–H and O–H groups in total. The minimum atomic E-state index is -0.400. The molecule has 70 valence electrons. The largest absolute Gasteiger partial charge is 0.293 e. The van der Waals surface area contributed by atoms with Crippen molar-refractivity contribution in [3.05, 3.63) is 33.5 Å². The third-order valence-electron chi connectivity index (χ3n) is 1.73. The predicted molar refractivity (Wildman–Crippen MR) is 53.9 cm³/mol. The summed E-state index contributed by atoms with van der Waals surface area (Å²) in [5.41, 5.74) is 0.677. The van der Waals surface area contributed by atoms with Gasteiger partial charge in [0.2, 0.25) is 0 Å². The van der Waals surface area contributed by atoms with Gasteiger partial charge in [0.25, 0.3) is 0 Å². The molecule has 0 bridgehead atoms. The van der Waals surface area contributed by atoms with Crippen LogP contribution in [0.3, 0.4) is 0 Å². The topological polar surface area (TPSA) is 17.1 Å². The third kappa shape index (κ3) is 2.29. The highest BCUT2D eigenvalue weighted by atomic mass is 79.9. The summed E-state index contributed by atoms with van der Waals surface area (Å²) < 4.78 is 13.7. The Morgan fingerprint density at radius 2 is 2.23 bits per heavy atom. The first-order valence-electron chi connectivity index (χ1n) is 3.61. The van der Waals surface area contributed by atoms with Crippen molar-refractivity contribution in [2.45, 2.75) is 6.92 Å². The van der Waals surface area contributed by atoms with Crippen LogP contribution < -0.4 is 0 Å². The first kappa shape index (κ1) is 10.7. The van der Waals surface area contributed by atoms with E-state index in [-0.39, 0.29) is 11.7 Å². The number of rotatable bonds is 2. The minimum absolute atomic E-state index is 0.128. The average Bonchev–Trinajstić information content (AvgIpc) is 2.10. The van der Waals surface area contributed by atoms with Gasteiger partial charge in [0, 0.05) is 10.0 Å². The highest BCUT2D eigenvalue weighted by Gasteiger charge is 2.11. The van der Waals surface area contributed by atoms with Crippen LogP contribution in [0.1, 0.15) is 15.9 Å². The molecule has 0 aliphatic rings. The number of ketones is 1. The Bertz CT molecular complexity index is 352. The van der Waals surface area contributed by atoms with Gasteiger partial charge >= 0.3 is 0 Å². The summed E-state index contributed by atoms with van der Waals surface area (Å²) in [4.78, 5) is 11.2. The molecule has 1 rings (SSSR count). The van der Waals surface area contributed by atoms with E-state index in [4.69, 9.17) is 11.6 Å². The number of hydrogen-bond donors (Lipinski definition) is 0. The van der Waals surface area contributed by atoms with Crippen molar-refractivity contribution >= 4 is 33.3 Å². The molecule has 4 heteroatoms. The van der Waals surface area contributed by atoms with Crippen molar-refractivity contribution in [2.24, 2.45) is 0 Å². The lowest BCUT2D eigenvalue weighted by atomic mass is 10.1. The van der Waals surface area contributed by atoms with Gasteiger partial charge in [-0.05, 0) is 24.6 Å². The van der Waals surface area contributed by atoms with Crippen molar-refractivity contribution in [2.75, 3.05) is 5.88 Å². The summed E-state index contributed by atoms with van der Waals surface area (Å²) in [6, 6.07) is 2.89. The molecule has 1 aromatic carbocycles. The quantitative estimate of drug-likeness (QED) is 0.592. The Hall–Kier alpha value is -0.410. The van der Waals surface area contributed by atoms with Gasteiger partial charge in [-0.15, -0.1) is 11.6 Å². The molecule has 1 nitrogen and oxygen atoms in total. The molecule has 0 unspecified atom stereocenters. The summed E-state index contributed by atoms with van der Waals surface area (Å²) in [5.74, 6) is -0.793. The van der Waals surface area contributed by atoms with Crippen LogP contribution in [0.2, 0.25) is 0 Å². The van der Waals surface area contributed by atoms with Gasteiger partial charge < -0.3 is 0 Å². The number of carbonyl (C=O) groups is 1. The van der Waals surface area contributed by atoms with Crippen LogP contribution in [0.4, 0.5) is 4.39 Å². The fourth-order valence-corrected chi connectivity index (χ4v) is 1.58. The van der Waals surface area contributed by atoms with Gasteiger partial charge in [-0.3, -0.25) is 4.79 Å². The molecule has 0 spiro atoms. The first-order chi connectivity index (χ1) is 6.06. The molecular weight excluding hydrogens is 258 g/mol. The number of alkyl halides is 1. The highest BCUT2D eigenvalue weighted by molar-refractivity contribution is 9.10. The van der Waals surface area contributed by atoms with Crippen LogP contribution in [0.25, 0.3) is 0 Å². The molecule has 0 saturated heterocycles. The first-order valence-corrected chi connectivity index (χ1v) is 4.94. The molecule has 13 heavy (non-hydrogen) atoms. The Labute approximate surface area is 89.0 Å². The molecule has 0 aliphatic carbocycles. The van der Waals surface area contributed by atoms with E-state index in [0.717, 1.165) is 0 Å². The fraction of sp³-hybridized carbons (Fsp3) is 0.222. The summed E-state index contributed by atoms with van der Waals surface area (Å²) in [6.45, 7) is 1.56. The van der Waals surface area contributed by atoms with Crippen molar-refractivity contribution in [3.63, 3.8) is 0 Å². The number of benzene rings is 1.